The van der Waals surface area contributed by atoms with E-state index in [2.05, 4.69) is 72.2 Å². The molecular weight excluding hydrogens is 392 g/mol. The van der Waals surface area contributed by atoms with E-state index in [4.69, 9.17) is 12.2 Å². The van der Waals surface area contributed by atoms with Crippen molar-refractivity contribution in [2.75, 3.05) is 25.1 Å². The molecule has 1 saturated heterocycles. The van der Waals surface area contributed by atoms with E-state index in [1.807, 2.05) is 24.4 Å². The lowest BCUT2D eigenvalue weighted by molar-refractivity contribution is 0.247. The van der Waals surface area contributed by atoms with E-state index in [0.717, 1.165) is 5.69 Å². The van der Waals surface area contributed by atoms with Gasteiger partial charge >= 0.3 is 0 Å². The predicted molar refractivity (Wildman–Crippen MR) is 126 cm³/mol. The highest BCUT2D eigenvalue weighted by atomic mass is 32.1. The van der Waals surface area contributed by atoms with Gasteiger partial charge in [0.05, 0.1) is 23.3 Å². The fourth-order valence-electron chi connectivity index (χ4n) is 4.61. The third kappa shape index (κ3) is 3.59. The van der Waals surface area contributed by atoms with Crippen LogP contribution in [0.3, 0.4) is 0 Å². The maximum Gasteiger partial charge on any atom is 0.170 e. The van der Waals surface area contributed by atoms with Gasteiger partial charge in [-0.2, -0.15) is 0 Å². The Hall–Kier alpha value is -2.44. The second-order valence-corrected chi connectivity index (χ2v) is 9.10. The van der Waals surface area contributed by atoms with Crippen molar-refractivity contribution in [2.24, 2.45) is 0 Å². The van der Waals surface area contributed by atoms with Gasteiger partial charge in [-0.1, -0.05) is 18.2 Å². The molecule has 2 aliphatic rings. The molecule has 0 aliphatic carbocycles. The lowest BCUT2D eigenvalue weighted by Crippen LogP contribution is -2.42. The SMILES string of the molecule is CC1=CC(C)(C)N(C)c2ccc(C3C(c4ccccn4)NC(=S)N3CCCO)cc21. The molecule has 2 aliphatic heterocycles. The lowest BCUT2D eigenvalue weighted by Gasteiger charge is -2.41. The van der Waals surface area contributed by atoms with Crippen LogP contribution in [0.5, 0.6) is 0 Å². The lowest BCUT2D eigenvalue weighted by atomic mass is 9.86. The van der Waals surface area contributed by atoms with E-state index >= 15 is 0 Å². The van der Waals surface area contributed by atoms with Crippen LogP contribution in [0.2, 0.25) is 0 Å². The molecule has 2 N–H and O–H groups in total. The summed E-state index contributed by atoms with van der Waals surface area (Å²) in [6, 6.07) is 12.7. The fourth-order valence-corrected chi connectivity index (χ4v) is 4.94. The normalized spacial score (nSPS) is 22.6. The van der Waals surface area contributed by atoms with E-state index in [9.17, 15) is 5.11 Å². The summed E-state index contributed by atoms with van der Waals surface area (Å²) in [5.74, 6) is 0. The Balaban J connectivity index is 1.79. The standard InChI is InChI=1S/C24H30N4OS/c1-16-15-24(2,3)27(4)20-10-9-17(14-18(16)20)22-21(19-8-5-6-11-25-19)26-23(30)28(22)12-7-13-29/h5-6,8-11,14-15,21-22,29H,7,12-13H2,1-4H3,(H,26,30). The monoisotopic (exact) mass is 422 g/mol. The smallest absolute Gasteiger partial charge is 0.170 e. The first-order valence-electron chi connectivity index (χ1n) is 10.5. The number of benzene rings is 1. The predicted octanol–water partition coefficient (Wildman–Crippen LogP) is 4.07. The summed E-state index contributed by atoms with van der Waals surface area (Å²) in [7, 11) is 2.15. The van der Waals surface area contributed by atoms with Crippen molar-refractivity contribution >= 4 is 28.6 Å². The number of thiocarbonyl (C=S) groups is 1. The van der Waals surface area contributed by atoms with Crippen LogP contribution in [0, 0.1) is 0 Å². The van der Waals surface area contributed by atoms with Crippen LogP contribution >= 0.6 is 12.2 Å². The number of nitrogens with one attached hydrogen (secondary N) is 1. The van der Waals surface area contributed by atoms with Gasteiger partial charge < -0.3 is 20.2 Å². The number of hydrogen-bond donors (Lipinski definition) is 2. The molecule has 3 heterocycles. The fraction of sp³-hybridized carbons (Fsp3) is 0.417. The van der Waals surface area contributed by atoms with Crippen LogP contribution in [0.1, 0.15) is 56.1 Å². The molecule has 0 radical (unpaired) electrons. The van der Waals surface area contributed by atoms with Crippen LogP contribution in [0.15, 0.2) is 48.7 Å². The van der Waals surface area contributed by atoms with E-state index < -0.39 is 0 Å². The number of aromatic nitrogens is 1. The second kappa shape index (κ2) is 8.00. The molecule has 0 bridgehead atoms. The summed E-state index contributed by atoms with van der Waals surface area (Å²) in [6.07, 6.45) is 4.83. The summed E-state index contributed by atoms with van der Waals surface area (Å²) in [5.41, 5.74) is 5.95. The molecule has 6 heteroatoms. The summed E-state index contributed by atoms with van der Waals surface area (Å²) >= 11 is 5.69. The first-order chi connectivity index (χ1) is 14.3. The largest absolute Gasteiger partial charge is 0.396 e. The number of allylic oxidation sites excluding steroid dienone is 1. The molecule has 2 aromatic rings. The molecule has 0 saturated carbocycles. The van der Waals surface area contributed by atoms with E-state index in [-0.39, 0.29) is 24.2 Å². The molecule has 0 spiro atoms. The van der Waals surface area contributed by atoms with Crippen LogP contribution < -0.4 is 10.2 Å². The van der Waals surface area contributed by atoms with Gasteiger partial charge in [0, 0.05) is 37.6 Å². The molecule has 2 atom stereocenters. The minimum atomic E-state index is -0.0301. The number of aliphatic hydroxyl groups excluding tert-OH is 1. The highest BCUT2D eigenvalue weighted by molar-refractivity contribution is 7.80. The molecule has 4 rings (SSSR count). The Morgan fingerprint density at radius 3 is 2.73 bits per heavy atom. The van der Waals surface area contributed by atoms with Gasteiger partial charge in [-0.25, -0.2) is 0 Å². The third-order valence-corrected chi connectivity index (χ3v) is 6.69. The van der Waals surface area contributed by atoms with Gasteiger partial charge in [-0.15, -0.1) is 0 Å². The molecule has 158 valence electrons. The van der Waals surface area contributed by atoms with Crippen molar-refractivity contribution in [1.82, 2.24) is 15.2 Å². The Morgan fingerprint density at radius 2 is 2.03 bits per heavy atom. The summed E-state index contributed by atoms with van der Waals surface area (Å²) in [4.78, 5) is 9.13. The molecule has 5 nitrogen and oxygen atoms in total. The molecule has 1 aromatic heterocycles. The van der Waals surface area contributed by atoms with Crippen molar-refractivity contribution in [2.45, 2.75) is 44.8 Å². The number of likely N-dealkylation sites (N-methyl/N-ethyl adjacent to an activating group) is 1. The first-order valence-corrected chi connectivity index (χ1v) is 10.9. The first kappa shape index (κ1) is 20.8. The van der Waals surface area contributed by atoms with Gasteiger partial charge in [-0.3, -0.25) is 4.98 Å². The number of rotatable bonds is 5. The molecule has 2 unspecified atom stereocenters. The van der Waals surface area contributed by atoms with Crippen LogP contribution in [-0.4, -0.2) is 45.8 Å². The maximum atomic E-state index is 9.41. The zero-order chi connectivity index (χ0) is 21.5. The zero-order valence-corrected chi connectivity index (χ0v) is 18.9. The summed E-state index contributed by atoms with van der Waals surface area (Å²) in [5, 5.41) is 13.6. The van der Waals surface area contributed by atoms with Crippen molar-refractivity contribution in [3.8, 4) is 0 Å². The van der Waals surface area contributed by atoms with Crippen LogP contribution in [0.25, 0.3) is 5.57 Å². The molecule has 1 fully saturated rings. The van der Waals surface area contributed by atoms with Crippen molar-refractivity contribution < 1.29 is 5.11 Å². The average Bonchev–Trinajstić information content (AvgIpc) is 3.06. The Bertz CT molecular complexity index is 972. The Kier molecular flexibility index (Phi) is 5.55. The molecule has 0 amide bonds. The van der Waals surface area contributed by atoms with E-state index in [1.54, 1.807) is 0 Å². The number of aliphatic hydroxyl groups is 1. The molecule has 30 heavy (non-hydrogen) atoms. The van der Waals surface area contributed by atoms with Crippen molar-refractivity contribution in [1.29, 1.82) is 0 Å². The minimum Gasteiger partial charge on any atom is -0.396 e. The van der Waals surface area contributed by atoms with Crippen molar-refractivity contribution in [3.05, 3.63) is 65.5 Å². The number of fused-ring (bicyclic) bond motifs is 1. The number of pyridine rings is 1. The van der Waals surface area contributed by atoms with E-state index in [1.165, 1.54) is 22.4 Å². The zero-order valence-electron chi connectivity index (χ0n) is 18.1. The quantitative estimate of drug-likeness (QED) is 0.709. The molecular formula is C24H30N4OS. The number of hydrogen-bond acceptors (Lipinski definition) is 4. The number of nitrogens with zero attached hydrogens (tertiary/aromatic N) is 3. The van der Waals surface area contributed by atoms with Gasteiger partial charge in [-0.05, 0) is 74.8 Å². The average molecular weight is 423 g/mol. The van der Waals surface area contributed by atoms with Gasteiger partial charge in [0.25, 0.3) is 0 Å². The van der Waals surface area contributed by atoms with Crippen LogP contribution in [0.4, 0.5) is 5.69 Å². The van der Waals surface area contributed by atoms with Gasteiger partial charge in [0.1, 0.15) is 0 Å². The highest BCUT2D eigenvalue weighted by Crippen LogP contribution is 2.43. The second-order valence-electron chi connectivity index (χ2n) is 8.71. The number of anilines is 1. The Labute approximate surface area is 184 Å². The highest BCUT2D eigenvalue weighted by Gasteiger charge is 2.40. The minimum absolute atomic E-state index is 0.0151. The maximum absolute atomic E-state index is 9.41. The summed E-state index contributed by atoms with van der Waals surface area (Å²) in [6.45, 7) is 7.51. The summed E-state index contributed by atoms with van der Waals surface area (Å²) < 4.78 is 0. The molecule has 1 aromatic carbocycles. The van der Waals surface area contributed by atoms with Crippen molar-refractivity contribution in [3.63, 3.8) is 0 Å². The van der Waals surface area contributed by atoms with E-state index in [0.29, 0.717) is 18.1 Å². The van der Waals surface area contributed by atoms with Crippen LogP contribution in [-0.2, 0) is 0 Å². The van der Waals surface area contributed by atoms with Gasteiger partial charge in [0.2, 0.25) is 0 Å². The van der Waals surface area contributed by atoms with Gasteiger partial charge in [0.15, 0.2) is 5.11 Å². The topological polar surface area (TPSA) is 51.6 Å². The third-order valence-electron chi connectivity index (χ3n) is 6.34. The Morgan fingerprint density at radius 1 is 1.23 bits per heavy atom.